The van der Waals surface area contributed by atoms with Crippen molar-refractivity contribution in [2.45, 2.75) is 13.5 Å². The molecule has 0 radical (unpaired) electrons. The standard InChI is InChI=1S/C24H26FN5O3/c1-2-32-22-14-19(8-9-21(22)33-17-18-6-4-3-5-7-18)15-27-29-24-26-16-20(25)23(28-24)30-10-12-31-13-11-30/h3-9,14-16H,2,10-13,17H2,1H3,(H,26,28,29)/b27-15+. The lowest BCUT2D eigenvalue weighted by molar-refractivity contribution is 0.122. The van der Waals surface area contributed by atoms with Gasteiger partial charge in [-0.1, -0.05) is 30.3 Å². The third-order valence-electron chi connectivity index (χ3n) is 4.92. The first kappa shape index (κ1) is 22.5. The second-order valence-corrected chi connectivity index (χ2v) is 7.25. The number of hydrazone groups is 1. The van der Waals surface area contributed by atoms with Crippen LogP contribution in [0.1, 0.15) is 18.1 Å². The third-order valence-corrected chi connectivity index (χ3v) is 4.92. The molecule has 8 nitrogen and oxygen atoms in total. The summed E-state index contributed by atoms with van der Waals surface area (Å²) < 4.78 is 31.2. The maximum Gasteiger partial charge on any atom is 0.245 e. The van der Waals surface area contributed by atoms with E-state index >= 15 is 0 Å². The Morgan fingerprint density at radius 3 is 2.73 bits per heavy atom. The average molecular weight is 452 g/mol. The highest BCUT2D eigenvalue weighted by Gasteiger charge is 2.17. The van der Waals surface area contributed by atoms with Crippen LogP contribution in [0.3, 0.4) is 0 Å². The Labute approximate surface area is 192 Å². The summed E-state index contributed by atoms with van der Waals surface area (Å²) in [4.78, 5) is 10.1. The number of nitrogens with one attached hydrogen (secondary N) is 1. The van der Waals surface area contributed by atoms with Crippen molar-refractivity contribution in [1.82, 2.24) is 9.97 Å². The van der Waals surface area contributed by atoms with E-state index in [0.717, 1.165) is 17.3 Å². The molecule has 1 aromatic heterocycles. The molecule has 0 aliphatic carbocycles. The van der Waals surface area contributed by atoms with Crippen molar-refractivity contribution in [3.63, 3.8) is 0 Å². The number of hydrogen-bond donors (Lipinski definition) is 1. The van der Waals surface area contributed by atoms with Gasteiger partial charge in [0, 0.05) is 13.1 Å². The predicted octanol–water partition coefficient (Wildman–Crippen LogP) is 3.88. The van der Waals surface area contributed by atoms with Crippen LogP contribution in [0.4, 0.5) is 16.2 Å². The van der Waals surface area contributed by atoms with Gasteiger partial charge >= 0.3 is 0 Å². The minimum atomic E-state index is -0.473. The highest BCUT2D eigenvalue weighted by molar-refractivity contribution is 5.81. The van der Waals surface area contributed by atoms with Crippen molar-refractivity contribution in [2.75, 3.05) is 43.2 Å². The Bertz CT molecular complexity index is 1070. The largest absolute Gasteiger partial charge is 0.490 e. The van der Waals surface area contributed by atoms with E-state index in [4.69, 9.17) is 14.2 Å². The Balaban J connectivity index is 1.42. The Kier molecular flexibility index (Phi) is 7.65. The van der Waals surface area contributed by atoms with E-state index in [1.165, 1.54) is 0 Å². The number of hydrogen-bond acceptors (Lipinski definition) is 8. The molecule has 4 rings (SSSR count). The summed E-state index contributed by atoms with van der Waals surface area (Å²) in [5.41, 5.74) is 4.64. The van der Waals surface area contributed by atoms with Gasteiger partial charge in [0.25, 0.3) is 0 Å². The van der Waals surface area contributed by atoms with Gasteiger partial charge in [-0.2, -0.15) is 10.1 Å². The maximum absolute atomic E-state index is 14.2. The molecule has 1 aliphatic heterocycles. The second kappa shape index (κ2) is 11.2. The van der Waals surface area contributed by atoms with E-state index in [1.807, 2.05) is 60.4 Å². The summed E-state index contributed by atoms with van der Waals surface area (Å²) in [5.74, 6) is 1.26. The molecule has 172 valence electrons. The fourth-order valence-electron chi connectivity index (χ4n) is 3.30. The van der Waals surface area contributed by atoms with Crippen molar-refractivity contribution in [3.05, 3.63) is 71.7 Å². The Morgan fingerprint density at radius 1 is 1.12 bits per heavy atom. The molecule has 3 aromatic rings. The molecule has 1 aliphatic rings. The van der Waals surface area contributed by atoms with Crippen LogP contribution in [0.15, 0.2) is 59.8 Å². The average Bonchev–Trinajstić information content (AvgIpc) is 2.86. The summed E-state index contributed by atoms with van der Waals surface area (Å²) in [5, 5.41) is 4.19. The monoisotopic (exact) mass is 451 g/mol. The lowest BCUT2D eigenvalue weighted by Gasteiger charge is -2.27. The lowest BCUT2D eigenvalue weighted by Crippen LogP contribution is -2.37. The van der Waals surface area contributed by atoms with E-state index < -0.39 is 5.82 Å². The lowest BCUT2D eigenvalue weighted by atomic mass is 10.2. The van der Waals surface area contributed by atoms with Gasteiger partial charge in [-0.3, -0.25) is 0 Å². The molecule has 0 bridgehead atoms. The first-order valence-corrected chi connectivity index (χ1v) is 10.8. The molecule has 9 heteroatoms. The molecular formula is C24H26FN5O3. The fourth-order valence-corrected chi connectivity index (χ4v) is 3.30. The van der Waals surface area contributed by atoms with Gasteiger partial charge in [-0.15, -0.1) is 0 Å². The quantitative estimate of drug-likeness (QED) is 0.391. The van der Waals surface area contributed by atoms with Gasteiger partial charge in [0.1, 0.15) is 6.61 Å². The Morgan fingerprint density at radius 2 is 1.94 bits per heavy atom. The highest BCUT2D eigenvalue weighted by Crippen LogP contribution is 2.29. The van der Waals surface area contributed by atoms with Gasteiger partial charge in [0.15, 0.2) is 23.1 Å². The minimum Gasteiger partial charge on any atom is -0.490 e. The van der Waals surface area contributed by atoms with Crippen molar-refractivity contribution in [1.29, 1.82) is 0 Å². The Hall–Kier alpha value is -3.72. The number of anilines is 2. The topological polar surface area (TPSA) is 81.1 Å². The molecule has 0 amide bonds. The van der Waals surface area contributed by atoms with E-state index in [1.54, 1.807) is 6.21 Å². The summed E-state index contributed by atoms with van der Waals surface area (Å²) in [6.07, 6.45) is 2.76. The zero-order valence-corrected chi connectivity index (χ0v) is 18.4. The number of nitrogens with zero attached hydrogens (tertiary/aromatic N) is 4. The first-order valence-electron chi connectivity index (χ1n) is 10.8. The number of aromatic nitrogens is 2. The zero-order valence-electron chi connectivity index (χ0n) is 18.4. The molecule has 2 aromatic carbocycles. The van der Waals surface area contributed by atoms with Gasteiger partial charge in [-0.25, -0.2) is 14.8 Å². The minimum absolute atomic E-state index is 0.210. The summed E-state index contributed by atoms with van der Waals surface area (Å²) >= 11 is 0. The number of rotatable bonds is 9. The molecular weight excluding hydrogens is 425 g/mol. The van der Waals surface area contributed by atoms with Gasteiger partial charge in [-0.05, 0) is 36.2 Å². The number of halogens is 1. The van der Waals surface area contributed by atoms with Crippen LogP contribution in [0.5, 0.6) is 11.5 Å². The van der Waals surface area contributed by atoms with Crippen LogP contribution in [0, 0.1) is 5.82 Å². The van der Waals surface area contributed by atoms with Crippen LogP contribution in [0.2, 0.25) is 0 Å². The van der Waals surface area contributed by atoms with Crippen molar-refractivity contribution in [3.8, 4) is 11.5 Å². The number of benzene rings is 2. The van der Waals surface area contributed by atoms with Crippen molar-refractivity contribution >= 4 is 18.0 Å². The predicted molar refractivity (Wildman–Crippen MR) is 125 cm³/mol. The first-order chi connectivity index (χ1) is 16.2. The molecule has 1 N–H and O–H groups in total. The smallest absolute Gasteiger partial charge is 0.245 e. The maximum atomic E-state index is 14.2. The van der Waals surface area contributed by atoms with Crippen LogP contribution in [-0.4, -0.2) is 49.1 Å². The number of morpholine rings is 1. The van der Waals surface area contributed by atoms with Crippen LogP contribution >= 0.6 is 0 Å². The summed E-state index contributed by atoms with van der Waals surface area (Å²) in [7, 11) is 0. The molecule has 2 heterocycles. The zero-order chi connectivity index (χ0) is 22.9. The van der Waals surface area contributed by atoms with Crippen LogP contribution < -0.4 is 19.8 Å². The molecule has 0 saturated carbocycles. The molecule has 33 heavy (non-hydrogen) atoms. The molecule has 0 atom stereocenters. The summed E-state index contributed by atoms with van der Waals surface area (Å²) in [6, 6.07) is 15.5. The van der Waals surface area contributed by atoms with Crippen LogP contribution in [-0.2, 0) is 11.3 Å². The van der Waals surface area contributed by atoms with Crippen molar-refractivity contribution < 1.29 is 18.6 Å². The van der Waals surface area contributed by atoms with Gasteiger partial charge in [0.05, 0.1) is 32.2 Å². The fraction of sp³-hybridized carbons (Fsp3) is 0.292. The molecule has 0 unspecified atom stereocenters. The van der Waals surface area contributed by atoms with Crippen molar-refractivity contribution in [2.24, 2.45) is 5.10 Å². The van der Waals surface area contributed by atoms with E-state index in [-0.39, 0.29) is 11.8 Å². The van der Waals surface area contributed by atoms with Gasteiger partial charge < -0.3 is 19.1 Å². The molecule has 1 fully saturated rings. The normalized spacial score (nSPS) is 13.8. The van der Waals surface area contributed by atoms with Gasteiger partial charge in [0.2, 0.25) is 5.95 Å². The van der Waals surface area contributed by atoms with E-state index in [0.29, 0.717) is 51.0 Å². The van der Waals surface area contributed by atoms with E-state index in [2.05, 4.69) is 20.5 Å². The third kappa shape index (κ3) is 6.17. The highest BCUT2D eigenvalue weighted by atomic mass is 19.1. The second-order valence-electron chi connectivity index (χ2n) is 7.25. The number of ether oxygens (including phenoxy) is 3. The van der Waals surface area contributed by atoms with E-state index in [9.17, 15) is 4.39 Å². The molecule has 0 spiro atoms. The SMILES string of the molecule is CCOc1cc(/C=N/Nc2ncc(F)c(N3CCOCC3)n2)ccc1OCc1ccccc1. The summed E-state index contributed by atoms with van der Waals surface area (Å²) in [6.45, 7) is 5.11. The van der Waals surface area contributed by atoms with Crippen LogP contribution in [0.25, 0.3) is 0 Å². The molecule has 1 saturated heterocycles.